The summed E-state index contributed by atoms with van der Waals surface area (Å²) in [6.07, 6.45) is 6.39. The Labute approximate surface area is 158 Å². The number of aromatic nitrogens is 2. The summed E-state index contributed by atoms with van der Waals surface area (Å²) in [4.78, 5) is 35.7. The molecule has 2 atom stereocenters. The fraction of sp³-hybridized carbons (Fsp3) is 0.647. The minimum Gasteiger partial charge on any atom is -0.467 e. The maximum atomic E-state index is 12.4. The maximum absolute atomic E-state index is 12.4. The highest BCUT2D eigenvalue weighted by Gasteiger charge is 2.26. The standard InChI is InChI=1S/C17H29N7O3/c1-27-16(26)13(6-3-7-21-17(19)20)24-15(25)12(18)8-11-9-22-14(23-11)10-4-2-5-10/h9-10,12-13H,2-8,18H2,1H3,(H,22,23)(H,24,25)(H4,19,20,21)/t12-,13-/m0/s1. The highest BCUT2D eigenvalue weighted by molar-refractivity contribution is 5.87. The fourth-order valence-electron chi connectivity index (χ4n) is 2.87. The SMILES string of the molecule is COC(=O)[C@H](CCCN=C(N)N)NC(=O)[C@@H](N)Cc1cnc(C2CCC2)[nH]1. The Morgan fingerprint density at radius 2 is 2.19 bits per heavy atom. The van der Waals surface area contributed by atoms with Gasteiger partial charge in [0.2, 0.25) is 5.91 Å². The number of hydrogen-bond donors (Lipinski definition) is 5. The number of hydrogen-bond acceptors (Lipinski definition) is 6. The van der Waals surface area contributed by atoms with Crippen LogP contribution in [0.25, 0.3) is 0 Å². The van der Waals surface area contributed by atoms with Crippen LogP contribution in [0.15, 0.2) is 11.2 Å². The van der Waals surface area contributed by atoms with Crippen molar-refractivity contribution in [3.63, 3.8) is 0 Å². The number of nitrogens with one attached hydrogen (secondary N) is 2. The summed E-state index contributed by atoms with van der Waals surface area (Å²) in [6.45, 7) is 0.357. The molecule has 8 N–H and O–H groups in total. The van der Waals surface area contributed by atoms with E-state index in [2.05, 4.69) is 20.3 Å². The fourth-order valence-corrected chi connectivity index (χ4v) is 2.87. The van der Waals surface area contributed by atoms with Gasteiger partial charge in [-0.2, -0.15) is 0 Å². The molecule has 1 aliphatic carbocycles. The van der Waals surface area contributed by atoms with Crippen molar-refractivity contribution in [3.8, 4) is 0 Å². The highest BCUT2D eigenvalue weighted by Crippen LogP contribution is 2.34. The molecule has 10 heteroatoms. The van der Waals surface area contributed by atoms with Gasteiger partial charge in [0.25, 0.3) is 0 Å². The van der Waals surface area contributed by atoms with E-state index < -0.39 is 24.0 Å². The molecule has 0 spiro atoms. The van der Waals surface area contributed by atoms with E-state index in [0.29, 0.717) is 31.7 Å². The van der Waals surface area contributed by atoms with E-state index in [1.54, 1.807) is 6.20 Å². The number of esters is 1. The number of nitrogens with zero attached hydrogens (tertiary/aromatic N) is 2. The molecule has 2 rings (SSSR count). The largest absolute Gasteiger partial charge is 0.467 e. The minimum absolute atomic E-state index is 0.0171. The van der Waals surface area contributed by atoms with E-state index in [4.69, 9.17) is 21.9 Å². The molecule has 1 aliphatic rings. The molecule has 0 radical (unpaired) electrons. The number of aromatic amines is 1. The van der Waals surface area contributed by atoms with Gasteiger partial charge in [-0.1, -0.05) is 6.42 Å². The number of carbonyl (C=O) groups excluding carboxylic acids is 2. The Balaban J connectivity index is 1.85. The van der Waals surface area contributed by atoms with Crippen LogP contribution in [0.2, 0.25) is 0 Å². The minimum atomic E-state index is -0.801. The lowest BCUT2D eigenvalue weighted by Crippen LogP contribution is -2.49. The van der Waals surface area contributed by atoms with Crippen LogP contribution in [0.3, 0.4) is 0 Å². The number of carbonyl (C=O) groups is 2. The van der Waals surface area contributed by atoms with E-state index >= 15 is 0 Å². The summed E-state index contributed by atoms with van der Waals surface area (Å²) in [5.41, 5.74) is 17.3. The first-order valence-corrected chi connectivity index (χ1v) is 9.13. The number of ether oxygens (including phenoxy) is 1. The molecule has 1 aromatic rings. The lowest BCUT2D eigenvalue weighted by molar-refractivity contribution is -0.145. The number of H-pyrrole nitrogens is 1. The van der Waals surface area contributed by atoms with Crippen molar-refractivity contribution in [2.45, 2.75) is 56.5 Å². The van der Waals surface area contributed by atoms with Crippen LogP contribution >= 0.6 is 0 Å². The van der Waals surface area contributed by atoms with Crippen LogP contribution in [-0.4, -0.2) is 53.5 Å². The molecule has 1 fully saturated rings. The van der Waals surface area contributed by atoms with Gasteiger partial charge in [0.15, 0.2) is 5.96 Å². The quantitative estimate of drug-likeness (QED) is 0.154. The van der Waals surface area contributed by atoms with Crippen molar-refractivity contribution >= 4 is 17.8 Å². The van der Waals surface area contributed by atoms with Gasteiger partial charge < -0.3 is 32.2 Å². The van der Waals surface area contributed by atoms with Gasteiger partial charge in [0, 0.05) is 30.8 Å². The number of rotatable bonds is 10. The second-order valence-electron chi connectivity index (χ2n) is 6.77. The molecular weight excluding hydrogens is 350 g/mol. The normalized spacial score (nSPS) is 16.1. The molecule has 27 heavy (non-hydrogen) atoms. The van der Waals surface area contributed by atoms with Crippen LogP contribution in [0, 0.1) is 0 Å². The third kappa shape index (κ3) is 6.24. The number of imidazole rings is 1. The summed E-state index contributed by atoms with van der Waals surface area (Å²) in [5, 5.41) is 2.64. The topological polar surface area (TPSA) is 174 Å². The van der Waals surface area contributed by atoms with Crippen molar-refractivity contribution in [2.24, 2.45) is 22.2 Å². The first-order chi connectivity index (χ1) is 12.9. The number of aliphatic imine (C=N–C) groups is 1. The van der Waals surface area contributed by atoms with Crippen molar-refractivity contribution in [3.05, 3.63) is 17.7 Å². The molecule has 10 nitrogen and oxygen atoms in total. The predicted molar refractivity (Wildman–Crippen MR) is 101 cm³/mol. The Bertz CT molecular complexity index is 665. The van der Waals surface area contributed by atoms with E-state index in [1.165, 1.54) is 13.5 Å². The molecule has 0 aliphatic heterocycles. The van der Waals surface area contributed by atoms with Crippen LogP contribution in [0.5, 0.6) is 0 Å². The molecular formula is C17H29N7O3. The predicted octanol–water partition coefficient (Wildman–Crippen LogP) is -0.742. The number of methoxy groups -OCH3 is 1. The molecule has 0 unspecified atom stereocenters. The molecule has 1 heterocycles. The first-order valence-electron chi connectivity index (χ1n) is 9.13. The zero-order valence-electron chi connectivity index (χ0n) is 15.6. The lowest BCUT2D eigenvalue weighted by Gasteiger charge is -2.22. The summed E-state index contributed by atoms with van der Waals surface area (Å²) in [7, 11) is 1.27. The lowest BCUT2D eigenvalue weighted by atomic mass is 9.85. The Morgan fingerprint density at radius 1 is 1.44 bits per heavy atom. The zero-order valence-corrected chi connectivity index (χ0v) is 15.6. The number of guanidine groups is 1. The second-order valence-corrected chi connectivity index (χ2v) is 6.77. The average Bonchev–Trinajstić information content (AvgIpc) is 3.02. The molecule has 1 amide bonds. The summed E-state index contributed by atoms with van der Waals surface area (Å²) in [5.74, 6) is 0.464. The Hall–Kier alpha value is -2.62. The van der Waals surface area contributed by atoms with Crippen molar-refractivity contribution < 1.29 is 14.3 Å². The molecule has 0 aromatic carbocycles. The molecule has 1 saturated carbocycles. The molecule has 0 saturated heterocycles. The summed E-state index contributed by atoms with van der Waals surface area (Å²) < 4.78 is 4.74. The smallest absolute Gasteiger partial charge is 0.328 e. The van der Waals surface area contributed by atoms with E-state index in [1.807, 2.05) is 0 Å². The van der Waals surface area contributed by atoms with Gasteiger partial charge in [-0.15, -0.1) is 0 Å². The summed E-state index contributed by atoms with van der Waals surface area (Å²) >= 11 is 0. The molecule has 150 valence electrons. The van der Waals surface area contributed by atoms with Crippen molar-refractivity contribution in [2.75, 3.05) is 13.7 Å². The average molecular weight is 379 g/mol. The molecule has 1 aromatic heterocycles. The van der Waals surface area contributed by atoms with Crippen LogP contribution < -0.4 is 22.5 Å². The van der Waals surface area contributed by atoms with Crippen LogP contribution in [0.1, 0.15) is 49.5 Å². The van der Waals surface area contributed by atoms with E-state index in [0.717, 1.165) is 24.4 Å². The third-order valence-electron chi connectivity index (χ3n) is 4.66. The van der Waals surface area contributed by atoms with Gasteiger partial charge >= 0.3 is 5.97 Å². The maximum Gasteiger partial charge on any atom is 0.328 e. The van der Waals surface area contributed by atoms with E-state index in [-0.39, 0.29) is 5.96 Å². The van der Waals surface area contributed by atoms with Crippen molar-refractivity contribution in [1.82, 2.24) is 15.3 Å². The van der Waals surface area contributed by atoms with Crippen LogP contribution in [0.4, 0.5) is 0 Å². The van der Waals surface area contributed by atoms with Gasteiger partial charge in [-0.05, 0) is 25.7 Å². The van der Waals surface area contributed by atoms with Crippen molar-refractivity contribution in [1.29, 1.82) is 0 Å². The Morgan fingerprint density at radius 3 is 2.78 bits per heavy atom. The molecule has 0 bridgehead atoms. The third-order valence-corrected chi connectivity index (χ3v) is 4.66. The second kappa shape index (κ2) is 9.91. The highest BCUT2D eigenvalue weighted by atomic mass is 16.5. The number of nitrogens with two attached hydrogens (primary N) is 3. The zero-order chi connectivity index (χ0) is 19.8. The van der Waals surface area contributed by atoms with Gasteiger partial charge in [-0.25, -0.2) is 9.78 Å². The van der Waals surface area contributed by atoms with E-state index in [9.17, 15) is 9.59 Å². The Kier molecular flexibility index (Phi) is 7.59. The summed E-state index contributed by atoms with van der Waals surface area (Å²) in [6, 6.07) is -1.60. The van der Waals surface area contributed by atoms with Gasteiger partial charge in [0.05, 0.1) is 13.2 Å². The monoisotopic (exact) mass is 379 g/mol. The first kappa shape index (κ1) is 20.7. The van der Waals surface area contributed by atoms with Gasteiger partial charge in [-0.3, -0.25) is 9.79 Å². The van der Waals surface area contributed by atoms with Crippen LogP contribution in [-0.2, 0) is 20.7 Å². The van der Waals surface area contributed by atoms with Gasteiger partial charge in [0.1, 0.15) is 11.9 Å². The number of amides is 1.